The van der Waals surface area contributed by atoms with Crippen molar-refractivity contribution in [2.75, 3.05) is 24.5 Å². The lowest BCUT2D eigenvalue weighted by molar-refractivity contribution is -0.137. The second-order valence-electron chi connectivity index (χ2n) is 9.94. The minimum Gasteiger partial charge on any atom is -0.593 e. The number of amides is 2. The molecule has 206 valence electrons. The van der Waals surface area contributed by atoms with Crippen molar-refractivity contribution in [3.63, 3.8) is 0 Å². The molecule has 0 bridgehead atoms. The molecule has 2 amide bonds. The second kappa shape index (κ2) is 10.4. The van der Waals surface area contributed by atoms with Crippen LogP contribution in [0.15, 0.2) is 52.9 Å². The van der Waals surface area contributed by atoms with Gasteiger partial charge >= 0.3 is 6.18 Å². The first-order valence-electron chi connectivity index (χ1n) is 12.5. The van der Waals surface area contributed by atoms with Gasteiger partial charge in [-0.2, -0.15) is 13.2 Å². The normalized spacial score (nSPS) is 22.6. The number of aliphatic hydroxyl groups is 1. The summed E-state index contributed by atoms with van der Waals surface area (Å²) in [5.41, 5.74) is 0.693. The Morgan fingerprint density at radius 1 is 1.18 bits per heavy atom. The lowest BCUT2D eigenvalue weighted by Gasteiger charge is -2.34. The molecule has 5 rings (SSSR count). The Morgan fingerprint density at radius 2 is 1.92 bits per heavy atom. The number of aryl methyl sites for hydroxylation is 1. The number of benzene rings is 2. The molecule has 2 aromatic carbocycles. The Labute approximate surface area is 226 Å². The van der Waals surface area contributed by atoms with Gasteiger partial charge in [0, 0.05) is 24.3 Å². The molecule has 0 radical (unpaired) electrons. The summed E-state index contributed by atoms with van der Waals surface area (Å²) in [5, 5.41) is 13.9. The van der Waals surface area contributed by atoms with E-state index < -0.39 is 34.7 Å². The minimum absolute atomic E-state index is 0.107. The summed E-state index contributed by atoms with van der Waals surface area (Å²) in [6, 6.07) is 10.2. The predicted octanol–water partition coefficient (Wildman–Crippen LogP) is 3.16. The van der Waals surface area contributed by atoms with Gasteiger partial charge < -0.3 is 19.9 Å². The van der Waals surface area contributed by atoms with Crippen molar-refractivity contribution in [1.29, 1.82) is 0 Å². The van der Waals surface area contributed by atoms with E-state index in [9.17, 15) is 32.4 Å². The molecular weight excluding hydrogens is 533 g/mol. The van der Waals surface area contributed by atoms with Gasteiger partial charge in [-0.15, -0.1) is 4.31 Å². The van der Waals surface area contributed by atoms with Gasteiger partial charge in [-0.3, -0.25) is 14.6 Å². The third kappa shape index (κ3) is 5.60. The Hall–Kier alpha value is -3.19. The Morgan fingerprint density at radius 3 is 2.56 bits per heavy atom. The Balaban J connectivity index is 1.22. The molecule has 3 aliphatic rings. The molecule has 39 heavy (non-hydrogen) atoms. The quantitative estimate of drug-likeness (QED) is 0.547. The number of nitrogens with one attached hydrogen (secondary N) is 1. The molecule has 1 spiro atoms. The van der Waals surface area contributed by atoms with E-state index in [2.05, 4.69) is 10.3 Å². The highest BCUT2D eigenvalue weighted by Crippen LogP contribution is 2.34. The maximum Gasteiger partial charge on any atom is 0.416 e. The van der Waals surface area contributed by atoms with Crippen LogP contribution in [-0.4, -0.2) is 62.9 Å². The fourth-order valence-corrected chi connectivity index (χ4v) is 6.02. The van der Waals surface area contributed by atoms with Gasteiger partial charge in [-0.1, -0.05) is 18.2 Å². The summed E-state index contributed by atoms with van der Waals surface area (Å²) in [7, 11) is 0. The molecule has 3 aliphatic heterocycles. The third-order valence-corrected chi connectivity index (χ3v) is 8.52. The van der Waals surface area contributed by atoms with Crippen molar-refractivity contribution in [2.45, 2.75) is 44.0 Å². The van der Waals surface area contributed by atoms with E-state index in [0.717, 1.165) is 23.3 Å². The summed E-state index contributed by atoms with van der Waals surface area (Å²) in [5.74, 6) is -0.378. The topological polar surface area (TPSA) is 108 Å². The van der Waals surface area contributed by atoms with E-state index >= 15 is 0 Å². The van der Waals surface area contributed by atoms with Gasteiger partial charge in [0.05, 0.1) is 36.0 Å². The minimum atomic E-state index is -4.50. The van der Waals surface area contributed by atoms with E-state index in [1.54, 1.807) is 26.8 Å². The van der Waals surface area contributed by atoms with Crippen molar-refractivity contribution in [1.82, 2.24) is 9.62 Å². The molecule has 8 nitrogen and oxygen atoms in total. The highest BCUT2D eigenvalue weighted by molar-refractivity contribution is 7.92. The van der Waals surface area contributed by atoms with E-state index in [1.807, 2.05) is 19.1 Å². The van der Waals surface area contributed by atoms with Crippen molar-refractivity contribution in [3.8, 4) is 0 Å². The number of alkyl halides is 3. The van der Waals surface area contributed by atoms with Crippen molar-refractivity contribution in [2.24, 2.45) is 4.99 Å². The number of anilines is 1. The highest BCUT2D eigenvalue weighted by Gasteiger charge is 2.47. The maximum atomic E-state index is 13.1. The van der Waals surface area contributed by atoms with E-state index in [4.69, 9.17) is 0 Å². The smallest absolute Gasteiger partial charge is 0.416 e. The number of nitrogens with zero attached hydrogens (tertiary/aromatic N) is 3. The van der Waals surface area contributed by atoms with Crippen molar-refractivity contribution in [3.05, 3.63) is 70.1 Å². The standard InChI is InChI=1S/C27H27F3N4O4S/c1-17-13-21(34-16-22(35)15-23(34)36)6-5-18(17)7-12-39(38)33-10-8-26(9-11-33)25(37)31-24(32-26)19-3-2-4-20(14-19)27(28,29)30/h2-7,12-14,22,35H,8-11,15-16H2,1H3,(H,31,32,37)/b12-7+/t22-,39+/m1/s1. The fourth-order valence-electron chi connectivity index (χ4n) is 5.04. The highest BCUT2D eigenvalue weighted by atomic mass is 32.2. The first kappa shape index (κ1) is 27.4. The van der Waals surface area contributed by atoms with E-state index in [0.29, 0.717) is 18.8 Å². The summed E-state index contributed by atoms with van der Waals surface area (Å²) < 4.78 is 54.0. The number of β-amino-alcohol motifs (C(OH)–C–C–N with tert-alkyl or cyclic N) is 1. The number of halogens is 3. The second-order valence-corrected chi connectivity index (χ2v) is 11.3. The van der Waals surface area contributed by atoms with Crippen LogP contribution in [-0.2, 0) is 27.1 Å². The predicted molar refractivity (Wildman–Crippen MR) is 141 cm³/mol. The lowest BCUT2D eigenvalue weighted by atomic mass is 9.89. The van der Waals surface area contributed by atoms with Gasteiger partial charge in [0.2, 0.25) is 5.91 Å². The largest absolute Gasteiger partial charge is 0.593 e. The van der Waals surface area contributed by atoms with Crippen LogP contribution < -0.4 is 10.2 Å². The van der Waals surface area contributed by atoms with Crippen LogP contribution in [0.4, 0.5) is 18.9 Å². The summed E-state index contributed by atoms with van der Waals surface area (Å²) >= 11 is -1.47. The van der Waals surface area contributed by atoms with Gasteiger partial charge in [-0.25, -0.2) is 0 Å². The molecular formula is C27H27F3N4O4S. The van der Waals surface area contributed by atoms with Crippen LogP contribution in [0, 0.1) is 6.92 Å². The molecule has 2 N–H and O–H groups in total. The molecule has 0 aliphatic carbocycles. The zero-order valence-electron chi connectivity index (χ0n) is 21.1. The van der Waals surface area contributed by atoms with Crippen LogP contribution in [0.25, 0.3) is 6.08 Å². The number of rotatable bonds is 5. The molecule has 2 saturated heterocycles. The van der Waals surface area contributed by atoms with E-state index in [-0.39, 0.29) is 49.0 Å². The number of amidine groups is 1. The van der Waals surface area contributed by atoms with Gasteiger partial charge in [-0.05, 0) is 61.2 Å². The maximum absolute atomic E-state index is 13.1. The molecule has 2 aromatic rings. The molecule has 12 heteroatoms. The number of piperidine rings is 1. The monoisotopic (exact) mass is 560 g/mol. The van der Waals surface area contributed by atoms with Crippen molar-refractivity contribution >= 4 is 40.8 Å². The Bertz CT molecular complexity index is 1350. The van der Waals surface area contributed by atoms with Crippen LogP contribution in [0.1, 0.15) is 41.5 Å². The molecule has 2 fully saturated rings. The van der Waals surface area contributed by atoms with E-state index in [1.165, 1.54) is 12.1 Å². The van der Waals surface area contributed by atoms with Crippen molar-refractivity contribution < 1.29 is 32.4 Å². The molecule has 0 saturated carbocycles. The van der Waals surface area contributed by atoms with Gasteiger partial charge in [0.1, 0.15) is 16.8 Å². The first-order chi connectivity index (χ1) is 18.4. The zero-order chi connectivity index (χ0) is 27.9. The van der Waals surface area contributed by atoms with Crippen LogP contribution in [0.3, 0.4) is 0 Å². The first-order valence-corrected chi connectivity index (χ1v) is 13.6. The SMILES string of the molecule is Cc1cc(N2C[C@H](O)CC2=O)ccc1/C=C/[S@+]([O-])N1CCC2(CC1)N=C(c1cccc(C(F)(F)F)c1)NC2=O. The average Bonchev–Trinajstić information content (AvgIpc) is 3.40. The van der Waals surface area contributed by atoms with Gasteiger partial charge in [0.15, 0.2) is 0 Å². The number of hydrogen-bond acceptors (Lipinski definition) is 6. The number of aliphatic hydroxyl groups excluding tert-OH is 1. The molecule has 0 unspecified atom stereocenters. The third-order valence-electron chi connectivity index (χ3n) is 7.28. The number of carbonyl (C=O) groups excluding carboxylic acids is 2. The zero-order valence-corrected chi connectivity index (χ0v) is 21.9. The lowest BCUT2D eigenvalue weighted by Crippen LogP contribution is -2.50. The molecule has 0 aromatic heterocycles. The van der Waals surface area contributed by atoms with Crippen LogP contribution in [0.5, 0.6) is 0 Å². The number of aliphatic imine (C=N–C) groups is 1. The Kier molecular flexibility index (Phi) is 7.31. The summed E-state index contributed by atoms with van der Waals surface area (Å²) in [4.78, 5) is 30.9. The van der Waals surface area contributed by atoms with Gasteiger partial charge in [0.25, 0.3) is 5.91 Å². The molecule has 3 heterocycles. The summed E-state index contributed by atoms with van der Waals surface area (Å²) in [6.07, 6.45) is -2.76. The van der Waals surface area contributed by atoms with Crippen LogP contribution in [0.2, 0.25) is 0 Å². The molecule has 2 atom stereocenters. The fraction of sp³-hybridized carbons (Fsp3) is 0.370. The average molecular weight is 561 g/mol. The number of hydrogen-bond donors (Lipinski definition) is 2. The van der Waals surface area contributed by atoms with Crippen LogP contribution >= 0.6 is 0 Å². The summed E-state index contributed by atoms with van der Waals surface area (Å²) in [6.45, 7) is 2.78. The number of carbonyl (C=O) groups is 2.